The van der Waals surface area contributed by atoms with Crippen molar-refractivity contribution in [3.63, 3.8) is 0 Å². The third-order valence-electron chi connectivity index (χ3n) is 8.32. The first-order valence-electron chi connectivity index (χ1n) is 15.1. The second kappa shape index (κ2) is 12.7. The van der Waals surface area contributed by atoms with E-state index in [1.807, 2.05) is 133 Å². The number of benzene rings is 6. The molecule has 0 aliphatic carbocycles. The SMILES string of the molecule is O=P(c1cc#ccc1)(c1ccccc1)c1cc(-c2ccc(-c3ccccc3)cc2)cc(P(=O)(c2ccccc2)c2ccccc2)c1. The molecule has 46 heavy (non-hydrogen) atoms. The normalized spacial score (nSPS) is 11.5. The summed E-state index contributed by atoms with van der Waals surface area (Å²) in [6.45, 7) is 0. The Balaban J connectivity index is 1.51. The molecule has 7 aromatic rings. The lowest BCUT2D eigenvalue weighted by atomic mass is 10.0. The van der Waals surface area contributed by atoms with E-state index in [9.17, 15) is 0 Å². The van der Waals surface area contributed by atoms with Crippen LogP contribution in [0.25, 0.3) is 22.3 Å². The molecule has 0 saturated carbocycles. The van der Waals surface area contributed by atoms with Crippen LogP contribution in [0.3, 0.4) is 0 Å². The molecular formula is C42H30O2P2. The summed E-state index contributed by atoms with van der Waals surface area (Å²) in [5, 5.41) is 4.04. The highest BCUT2D eigenvalue weighted by Gasteiger charge is 2.35. The first kappa shape index (κ1) is 29.5. The first-order chi connectivity index (χ1) is 22.6. The van der Waals surface area contributed by atoms with Crippen molar-refractivity contribution in [2.75, 3.05) is 0 Å². The smallest absolute Gasteiger partial charge is 0.171 e. The molecule has 0 N–H and O–H groups in total. The van der Waals surface area contributed by atoms with Crippen LogP contribution < -0.4 is 31.8 Å². The van der Waals surface area contributed by atoms with Gasteiger partial charge >= 0.3 is 0 Å². The van der Waals surface area contributed by atoms with Crippen LogP contribution in [0.4, 0.5) is 0 Å². The molecule has 0 aliphatic rings. The van der Waals surface area contributed by atoms with Crippen molar-refractivity contribution < 1.29 is 9.13 Å². The van der Waals surface area contributed by atoms with Gasteiger partial charge in [-0.25, -0.2) is 0 Å². The fraction of sp³-hybridized carbons (Fsp3) is 0. The van der Waals surface area contributed by atoms with Gasteiger partial charge in [-0.2, -0.15) is 0 Å². The lowest BCUT2D eigenvalue weighted by molar-refractivity contribution is 0.592. The van der Waals surface area contributed by atoms with Gasteiger partial charge in [0.15, 0.2) is 14.3 Å². The van der Waals surface area contributed by atoms with Crippen LogP contribution in [-0.2, 0) is 9.13 Å². The van der Waals surface area contributed by atoms with Gasteiger partial charge in [-0.15, -0.1) is 0 Å². The van der Waals surface area contributed by atoms with Gasteiger partial charge in [0.25, 0.3) is 0 Å². The van der Waals surface area contributed by atoms with Crippen LogP contribution in [0.1, 0.15) is 0 Å². The van der Waals surface area contributed by atoms with Crippen molar-refractivity contribution in [1.29, 1.82) is 0 Å². The Kier molecular flexibility index (Phi) is 8.13. The minimum Gasteiger partial charge on any atom is -0.309 e. The summed E-state index contributed by atoms with van der Waals surface area (Å²) in [5.74, 6) is 0. The minimum atomic E-state index is -3.43. The molecule has 4 heteroatoms. The quantitative estimate of drug-likeness (QED) is 0.160. The number of hydrogen-bond donors (Lipinski definition) is 0. The third kappa shape index (κ3) is 5.46. The van der Waals surface area contributed by atoms with Crippen molar-refractivity contribution >= 4 is 46.1 Å². The van der Waals surface area contributed by atoms with E-state index < -0.39 is 14.3 Å². The van der Waals surface area contributed by atoms with Crippen LogP contribution in [-0.4, -0.2) is 0 Å². The molecular weight excluding hydrogens is 598 g/mol. The first-order valence-corrected chi connectivity index (χ1v) is 18.6. The Morgan fingerprint density at radius 2 is 0.717 bits per heavy atom. The Hall–Kier alpha value is -5.18. The molecule has 0 spiro atoms. The summed E-state index contributed by atoms with van der Waals surface area (Å²) >= 11 is 0. The maximum Gasteiger partial charge on any atom is 0.171 e. The summed E-state index contributed by atoms with van der Waals surface area (Å²) in [7, 11) is -6.83. The summed E-state index contributed by atoms with van der Waals surface area (Å²) in [4.78, 5) is 0. The van der Waals surface area contributed by atoms with Crippen molar-refractivity contribution in [2.24, 2.45) is 0 Å². The molecule has 0 bridgehead atoms. The van der Waals surface area contributed by atoms with Crippen molar-refractivity contribution in [2.45, 2.75) is 0 Å². The lowest BCUT2D eigenvalue weighted by Crippen LogP contribution is -2.30. The maximum atomic E-state index is 15.7. The Bertz CT molecular complexity index is 1960. The van der Waals surface area contributed by atoms with Gasteiger partial charge in [-0.05, 0) is 58.7 Å². The highest BCUT2D eigenvalue weighted by Crippen LogP contribution is 2.47. The molecule has 0 aromatic heterocycles. The Labute approximate surface area is 270 Å². The molecule has 7 rings (SSSR count). The zero-order chi connectivity index (χ0) is 31.4. The van der Waals surface area contributed by atoms with E-state index in [1.165, 1.54) is 0 Å². The van der Waals surface area contributed by atoms with Crippen LogP contribution in [0.2, 0.25) is 0 Å². The molecule has 0 amide bonds. The summed E-state index contributed by atoms with van der Waals surface area (Å²) in [6.07, 6.45) is 0. The highest BCUT2D eigenvalue weighted by molar-refractivity contribution is 7.86. The molecule has 2 nitrogen and oxygen atoms in total. The largest absolute Gasteiger partial charge is 0.309 e. The monoisotopic (exact) mass is 628 g/mol. The van der Waals surface area contributed by atoms with Gasteiger partial charge in [0.1, 0.15) is 0 Å². The van der Waals surface area contributed by atoms with Gasteiger partial charge in [-0.1, -0.05) is 158 Å². The average Bonchev–Trinajstić information content (AvgIpc) is 3.16. The van der Waals surface area contributed by atoms with Crippen molar-refractivity contribution in [3.05, 3.63) is 194 Å². The van der Waals surface area contributed by atoms with Gasteiger partial charge in [0.05, 0.1) is 0 Å². The second-order valence-corrected chi connectivity index (χ2v) is 16.6. The van der Waals surface area contributed by atoms with E-state index in [2.05, 4.69) is 48.5 Å². The van der Waals surface area contributed by atoms with E-state index >= 15 is 9.13 Å². The molecule has 7 aromatic carbocycles. The molecule has 0 aliphatic heterocycles. The third-order valence-corrected chi connectivity index (χ3v) is 14.4. The average molecular weight is 629 g/mol. The zero-order valence-corrected chi connectivity index (χ0v) is 26.8. The van der Waals surface area contributed by atoms with Crippen LogP contribution in [0.15, 0.2) is 182 Å². The van der Waals surface area contributed by atoms with Gasteiger partial charge in [0.2, 0.25) is 0 Å². The van der Waals surface area contributed by atoms with E-state index in [-0.39, 0.29) is 0 Å². The summed E-state index contributed by atoms with van der Waals surface area (Å²) < 4.78 is 31.4. The van der Waals surface area contributed by atoms with Gasteiger partial charge in [0, 0.05) is 31.8 Å². The molecule has 0 saturated heterocycles. The fourth-order valence-electron chi connectivity index (χ4n) is 5.95. The van der Waals surface area contributed by atoms with Gasteiger partial charge < -0.3 is 9.13 Å². The molecule has 1 unspecified atom stereocenters. The minimum absolute atomic E-state index is 0.616. The summed E-state index contributed by atoms with van der Waals surface area (Å²) in [5.41, 5.74) is 4.03. The number of hydrogen-bond acceptors (Lipinski definition) is 2. The predicted molar refractivity (Wildman–Crippen MR) is 194 cm³/mol. The van der Waals surface area contributed by atoms with Crippen LogP contribution in [0, 0.1) is 12.1 Å². The van der Waals surface area contributed by atoms with Crippen molar-refractivity contribution in [1.82, 2.24) is 0 Å². The molecule has 0 fully saturated rings. The molecule has 0 heterocycles. The fourth-order valence-corrected chi connectivity index (χ4v) is 11.4. The van der Waals surface area contributed by atoms with Crippen LogP contribution in [0.5, 0.6) is 0 Å². The molecule has 0 radical (unpaired) electrons. The Morgan fingerprint density at radius 3 is 1.15 bits per heavy atom. The molecule has 220 valence electrons. The molecule has 1 atom stereocenters. The van der Waals surface area contributed by atoms with E-state index in [0.29, 0.717) is 21.2 Å². The van der Waals surface area contributed by atoms with E-state index in [4.69, 9.17) is 0 Å². The topological polar surface area (TPSA) is 34.1 Å². The standard InChI is InChI=1S/C42H30O2P2/c43-45(37-18-8-2-9-19-37,38-20-10-3-11-21-38)41-30-36(35-28-26-34(27-29-35)33-16-6-1-7-17-33)31-42(32-41)46(44,39-22-12-4-13-23-39)40-24-14-5-15-25-40/h1-4,6-14,16-32H. The Morgan fingerprint density at radius 1 is 0.326 bits per heavy atom. The summed E-state index contributed by atoms with van der Waals surface area (Å²) in [6, 6.07) is 64.7. The predicted octanol–water partition coefficient (Wildman–Crippen LogP) is 7.90. The number of rotatable bonds is 8. The van der Waals surface area contributed by atoms with E-state index in [0.717, 1.165) is 32.9 Å². The zero-order valence-electron chi connectivity index (χ0n) is 25.0. The van der Waals surface area contributed by atoms with Gasteiger partial charge in [-0.3, -0.25) is 0 Å². The van der Waals surface area contributed by atoms with Crippen molar-refractivity contribution in [3.8, 4) is 22.3 Å². The van der Waals surface area contributed by atoms with E-state index in [1.54, 1.807) is 12.1 Å². The lowest BCUT2D eigenvalue weighted by Gasteiger charge is -2.25. The second-order valence-electron chi connectivity index (χ2n) is 11.1. The van der Waals surface area contributed by atoms with Crippen LogP contribution >= 0.6 is 14.3 Å². The highest BCUT2D eigenvalue weighted by atomic mass is 31.2. The maximum absolute atomic E-state index is 15.7.